The summed E-state index contributed by atoms with van der Waals surface area (Å²) >= 11 is 0. The molecule has 3 nitrogen and oxygen atoms in total. The van der Waals surface area contributed by atoms with Gasteiger partial charge in [-0.3, -0.25) is 4.79 Å². The highest BCUT2D eigenvalue weighted by atomic mass is 19.1. The van der Waals surface area contributed by atoms with E-state index in [-0.39, 0.29) is 12.2 Å². The Labute approximate surface area is 94.5 Å². The Balaban J connectivity index is 2.97. The van der Waals surface area contributed by atoms with Crippen molar-refractivity contribution in [2.24, 2.45) is 0 Å². The van der Waals surface area contributed by atoms with E-state index < -0.39 is 11.5 Å². The molecular formula is C12H16FNO2. The van der Waals surface area contributed by atoms with Gasteiger partial charge in [0.15, 0.2) is 0 Å². The number of hydrogen-bond acceptors (Lipinski definition) is 2. The summed E-state index contributed by atoms with van der Waals surface area (Å²) in [6.45, 7) is 3.54. The first kappa shape index (κ1) is 12.5. The van der Waals surface area contributed by atoms with E-state index in [9.17, 15) is 9.18 Å². The van der Waals surface area contributed by atoms with Crippen molar-refractivity contribution in [2.45, 2.75) is 25.8 Å². The highest BCUT2D eigenvalue weighted by Gasteiger charge is 2.28. The number of benzene rings is 1. The van der Waals surface area contributed by atoms with E-state index in [1.807, 2.05) is 0 Å². The fourth-order valence-corrected chi connectivity index (χ4v) is 1.54. The van der Waals surface area contributed by atoms with Crippen molar-refractivity contribution in [1.82, 2.24) is 0 Å². The number of carboxylic acid groups (broad SMARTS) is 1. The summed E-state index contributed by atoms with van der Waals surface area (Å²) in [7, 11) is 1.70. The van der Waals surface area contributed by atoms with Crippen LogP contribution in [0.15, 0.2) is 24.3 Å². The van der Waals surface area contributed by atoms with Gasteiger partial charge in [-0.1, -0.05) is 12.1 Å². The van der Waals surface area contributed by atoms with Crippen LogP contribution < -0.4 is 4.90 Å². The van der Waals surface area contributed by atoms with Gasteiger partial charge in [-0.15, -0.1) is 0 Å². The van der Waals surface area contributed by atoms with Gasteiger partial charge >= 0.3 is 5.97 Å². The standard InChI is InChI=1S/C12H16FNO2/c1-12(2,8-11(15)16)14(3)10-7-5-4-6-9(10)13/h4-7H,8H2,1-3H3,(H,15,16). The summed E-state index contributed by atoms with van der Waals surface area (Å²) < 4.78 is 13.5. The van der Waals surface area contributed by atoms with Crippen LogP contribution in [0.2, 0.25) is 0 Å². The van der Waals surface area contributed by atoms with Crippen LogP contribution in [-0.2, 0) is 4.79 Å². The second-order valence-electron chi connectivity index (χ2n) is 4.39. The Morgan fingerprint density at radius 1 is 1.44 bits per heavy atom. The molecule has 0 aliphatic carbocycles. The molecule has 1 aromatic carbocycles. The number of rotatable bonds is 4. The zero-order valence-corrected chi connectivity index (χ0v) is 9.70. The fourth-order valence-electron chi connectivity index (χ4n) is 1.54. The van der Waals surface area contributed by atoms with Crippen molar-refractivity contribution in [3.8, 4) is 0 Å². The van der Waals surface area contributed by atoms with Crippen LogP contribution in [0.4, 0.5) is 10.1 Å². The molecule has 0 aliphatic rings. The van der Waals surface area contributed by atoms with Gasteiger partial charge in [0.2, 0.25) is 0 Å². The molecule has 0 unspecified atom stereocenters. The summed E-state index contributed by atoms with van der Waals surface area (Å²) in [6.07, 6.45) is -0.0438. The molecule has 1 aromatic rings. The first-order chi connectivity index (χ1) is 7.34. The summed E-state index contributed by atoms with van der Waals surface area (Å²) in [6, 6.07) is 6.34. The lowest BCUT2D eigenvalue weighted by Crippen LogP contribution is -2.43. The van der Waals surface area contributed by atoms with Crippen LogP contribution in [0, 0.1) is 5.82 Å². The van der Waals surface area contributed by atoms with Gasteiger partial charge in [-0.25, -0.2) is 4.39 Å². The molecule has 0 atom stereocenters. The molecule has 4 heteroatoms. The SMILES string of the molecule is CN(c1ccccc1F)C(C)(C)CC(=O)O. The molecule has 0 amide bonds. The normalized spacial score (nSPS) is 11.2. The second kappa shape index (κ2) is 4.51. The average Bonchev–Trinajstić information content (AvgIpc) is 2.15. The van der Waals surface area contributed by atoms with Crippen LogP contribution in [0.1, 0.15) is 20.3 Å². The van der Waals surface area contributed by atoms with Crippen molar-refractivity contribution in [3.63, 3.8) is 0 Å². The number of aliphatic carboxylic acids is 1. The zero-order valence-electron chi connectivity index (χ0n) is 9.70. The van der Waals surface area contributed by atoms with Gasteiger partial charge in [-0.05, 0) is 26.0 Å². The highest BCUT2D eigenvalue weighted by molar-refractivity contribution is 5.69. The lowest BCUT2D eigenvalue weighted by molar-refractivity contribution is -0.138. The number of para-hydroxylation sites is 1. The summed E-state index contributed by atoms with van der Waals surface area (Å²) in [4.78, 5) is 12.4. The van der Waals surface area contributed by atoms with E-state index in [1.165, 1.54) is 6.07 Å². The third-order valence-corrected chi connectivity index (χ3v) is 2.71. The Morgan fingerprint density at radius 2 is 2.00 bits per heavy atom. The van der Waals surface area contributed by atoms with E-state index >= 15 is 0 Å². The molecule has 88 valence electrons. The van der Waals surface area contributed by atoms with Crippen molar-refractivity contribution < 1.29 is 14.3 Å². The molecule has 0 radical (unpaired) electrons. The summed E-state index contributed by atoms with van der Waals surface area (Å²) in [5, 5.41) is 8.79. The molecule has 0 aromatic heterocycles. The number of anilines is 1. The molecule has 1 N–H and O–H groups in total. The van der Waals surface area contributed by atoms with E-state index in [0.29, 0.717) is 5.69 Å². The third kappa shape index (κ3) is 2.72. The maximum Gasteiger partial charge on any atom is 0.305 e. The number of hydrogen-bond donors (Lipinski definition) is 1. The van der Waals surface area contributed by atoms with Gasteiger partial charge < -0.3 is 10.0 Å². The fraction of sp³-hybridized carbons (Fsp3) is 0.417. The largest absolute Gasteiger partial charge is 0.481 e. The highest BCUT2D eigenvalue weighted by Crippen LogP contribution is 2.26. The van der Waals surface area contributed by atoms with Crippen LogP contribution in [-0.4, -0.2) is 23.7 Å². The molecule has 0 bridgehead atoms. The Hall–Kier alpha value is -1.58. The maximum absolute atomic E-state index is 13.5. The van der Waals surface area contributed by atoms with Crippen molar-refractivity contribution in [1.29, 1.82) is 0 Å². The predicted octanol–water partition coefficient (Wildman–Crippen LogP) is 2.52. The van der Waals surface area contributed by atoms with Crippen LogP contribution in [0.25, 0.3) is 0 Å². The zero-order chi connectivity index (χ0) is 12.3. The van der Waals surface area contributed by atoms with Crippen molar-refractivity contribution >= 4 is 11.7 Å². The lowest BCUT2D eigenvalue weighted by atomic mass is 9.98. The van der Waals surface area contributed by atoms with E-state index in [4.69, 9.17) is 5.11 Å². The van der Waals surface area contributed by atoms with Crippen molar-refractivity contribution in [3.05, 3.63) is 30.1 Å². The van der Waals surface area contributed by atoms with Crippen molar-refractivity contribution in [2.75, 3.05) is 11.9 Å². The number of carbonyl (C=O) groups is 1. The molecular weight excluding hydrogens is 209 g/mol. The van der Waals surface area contributed by atoms with Gasteiger partial charge in [0, 0.05) is 12.6 Å². The van der Waals surface area contributed by atoms with E-state index in [0.717, 1.165) is 0 Å². The number of carboxylic acids is 1. The Morgan fingerprint density at radius 3 is 2.50 bits per heavy atom. The summed E-state index contributed by atoms with van der Waals surface area (Å²) in [5.74, 6) is -1.24. The minimum absolute atomic E-state index is 0.0438. The van der Waals surface area contributed by atoms with Crippen LogP contribution in [0.3, 0.4) is 0 Å². The monoisotopic (exact) mass is 225 g/mol. The Kier molecular flexibility index (Phi) is 3.52. The molecule has 0 saturated carbocycles. The van der Waals surface area contributed by atoms with Gasteiger partial charge in [0.05, 0.1) is 12.1 Å². The smallest absolute Gasteiger partial charge is 0.305 e. The second-order valence-corrected chi connectivity index (χ2v) is 4.39. The van der Waals surface area contributed by atoms with Gasteiger partial charge in [-0.2, -0.15) is 0 Å². The maximum atomic E-state index is 13.5. The first-order valence-electron chi connectivity index (χ1n) is 5.05. The minimum Gasteiger partial charge on any atom is -0.481 e. The quantitative estimate of drug-likeness (QED) is 0.856. The third-order valence-electron chi connectivity index (χ3n) is 2.71. The lowest BCUT2D eigenvalue weighted by Gasteiger charge is -2.36. The molecule has 1 rings (SSSR count). The number of halogens is 1. The number of nitrogens with zero attached hydrogens (tertiary/aromatic N) is 1. The van der Waals surface area contributed by atoms with Crippen LogP contribution in [0.5, 0.6) is 0 Å². The minimum atomic E-state index is -0.895. The van der Waals surface area contributed by atoms with Gasteiger partial charge in [0.25, 0.3) is 0 Å². The average molecular weight is 225 g/mol. The molecule has 0 heterocycles. The first-order valence-corrected chi connectivity index (χ1v) is 5.05. The summed E-state index contributed by atoms with van der Waals surface area (Å²) in [5.41, 5.74) is -0.220. The molecule has 0 saturated heterocycles. The topological polar surface area (TPSA) is 40.5 Å². The molecule has 16 heavy (non-hydrogen) atoms. The Bertz CT molecular complexity index is 390. The van der Waals surface area contributed by atoms with E-state index in [1.54, 1.807) is 44.0 Å². The molecule has 0 fully saturated rings. The molecule has 0 spiro atoms. The van der Waals surface area contributed by atoms with E-state index in [2.05, 4.69) is 0 Å². The van der Waals surface area contributed by atoms with Gasteiger partial charge in [0.1, 0.15) is 5.82 Å². The predicted molar refractivity (Wildman–Crippen MR) is 61.1 cm³/mol. The van der Waals surface area contributed by atoms with Crippen LogP contribution >= 0.6 is 0 Å². The molecule has 0 aliphatic heterocycles.